The Kier molecular flexibility index (Phi) is 4.26. The van der Waals surface area contributed by atoms with Crippen LogP contribution >= 0.6 is 11.3 Å². The van der Waals surface area contributed by atoms with Gasteiger partial charge in [-0.1, -0.05) is 0 Å². The molecule has 1 N–H and O–H groups in total. The summed E-state index contributed by atoms with van der Waals surface area (Å²) in [6, 6.07) is 0. The van der Waals surface area contributed by atoms with Crippen molar-refractivity contribution >= 4 is 28.2 Å². The highest BCUT2D eigenvalue weighted by Gasteiger charge is 2.32. The fourth-order valence-electron chi connectivity index (χ4n) is 2.66. The summed E-state index contributed by atoms with van der Waals surface area (Å²) in [4.78, 5) is 24.1. The number of amides is 1. The van der Waals surface area contributed by atoms with Gasteiger partial charge >= 0.3 is 5.97 Å². The van der Waals surface area contributed by atoms with Crippen LogP contribution in [0.15, 0.2) is 5.38 Å². The first kappa shape index (κ1) is 14.5. The van der Waals surface area contributed by atoms with Gasteiger partial charge < -0.3 is 14.8 Å². The van der Waals surface area contributed by atoms with Gasteiger partial charge in [-0.05, 0) is 42.5 Å². The van der Waals surface area contributed by atoms with Crippen LogP contribution in [0.5, 0.6) is 0 Å². The van der Waals surface area contributed by atoms with E-state index >= 15 is 0 Å². The third kappa shape index (κ3) is 3.27. The SMILES string of the molecule is COC(=O)c1c(C2CC2)csc1NC(=O)C[C@@H]1CCCO1. The third-order valence-corrected chi connectivity index (χ3v) is 4.83. The van der Waals surface area contributed by atoms with E-state index in [1.807, 2.05) is 5.38 Å². The largest absolute Gasteiger partial charge is 0.465 e. The second-order valence-electron chi connectivity index (χ2n) is 5.55. The minimum Gasteiger partial charge on any atom is -0.465 e. The fourth-order valence-corrected chi connectivity index (χ4v) is 3.71. The first-order valence-corrected chi connectivity index (χ1v) is 8.18. The van der Waals surface area contributed by atoms with Crippen LogP contribution in [0.1, 0.15) is 53.9 Å². The number of thiophene rings is 1. The molecule has 1 aromatic heterocycles. The van der Waals surface area contributed by atoms with Crippen molar-refractivity contribution in [2.24, 2.45) is 0 Å². The molecule has 2 aliphatic rings. The van der Waals surface area contributed by atoms with E-state index in [-0.39, 0.29) is 18.0 Å². The van der Waals surface area contributed by atoms with Gasteiger partial charge in [-0.3, -0.25) is 4.79 Å². The molecular weight excluding hydrogens is 290 g/mol. The second-order valence-corrected chi connectivity index (χ2v) is 6.43. The molecule has 3 rings (SSSR count). The summed E-state index contributed by atoms with van der Waals surface area (Å²) in [7, 11) is 1.37. The quantitative estimate of drug-likeness (QED) is 0.849. The second kappa shape index (κ2) is 6.15. The maximum Gasteiger partial charge on any atom is 0.341 e. The average molecular weight is 309 g/mol. The Balaban J connectivity index is 1.71. The Labute approximate surface area is 127 Å². The normalized spacial score (nSPS) is 21.3. The van der Waals surface area contributed by atoms with E-state index in [9.17, 15) is 9.59 Å². The number of hydrogen-bond donors (Lipinski definition) is 1. The number of ether oxygens (including phenoxy) is 2. The molecule has 0 bridgehead atoms. The molecule has 2 fully saturated rings. The lowest BCUT2D eigenvalue weighted by atomic mass is 10.1. The molecule has 114 valence electrons. The van der Waals surface area contributed by atoms with Crippen LogP contribution in [-0.4, -0.2) is 31.7 Å². The number of methoxy groups -OCH3 is 1. The molecule has 1 aliphatic heterocycles. The van der Waals surface area contributed by atoms with E-state index in [1.54, 1.807) is 0 Å². The molecule has 5 nitrogen and oxygen atoms in total. The van der Waals surface area contributed by atoms with Gasteiger partial charge in [-0.15, -0.1) is 11.3 Å². The summed E-state index contributed by atoms with van der Waals surface area (Å²) >= 11 is 1.40. The molecule has 1 saturated heterocycles. The summed E-state index contributed by atoms with van der Waals surface area (Å²) in [6.07, 6.45) is 4.49. The molecule has 21 heavy (non-hydrogen) atoms. The molecule has 1 saturated carbocycles. The van der Waals surface area contributed by atoms with E-state index in [2.05, 4.69) is 5.32 Å². The smallest absolute Gasteiger partial charge is 0.341 e. The fraction of sp³-hybridized carbons (Fsp3) is 0.600. The van der Waals surface area contributed by atoms with Gasteiger partial charge in [0.1, 0.15) is 5.00 Å². The van der Waals surface area contributed by atoms with Crippen molar-refractivity contribution in [2.75, 3.05) is 19.0 Å². The molecular formula is C15H19NO4S. The molecule has 1 amide bonds. The predicted molar refractivity (Wildman–Crippen MR) is 79.9 cm³/mol. The molecule has 0 unspecified atom stereocenters. The Morgan fingerprint density at radius 3 is 2.86 bits per heavy atom. The van der Waals surface area contributed by atoms with Crippen molar-refractivity contribution < 1.29 is 19.1 Å². The summed E-state index contributed by atoms with van der Waals surface area (Å²) in [5.74, 6) is -0.0269. The van der Waals surface area contributed by atoms with E-state index in [0.717, 1.165) is 37.9 Å². The van der Waals surface area contributed by atoms with Gasteiger partial charge in [0.05, 0.1) is 25.2 Å². The summed E-state index contributed by atoms with van der Waals surface area (Å²) in [5, 5.41) is 5.42. The van der Waals surface area contributed by atoms with Crippen LogP contribution in [0.25, 0.3) is 0 Å². The van der Waals surface area contributed by atoms with E-state index in [4.69, 9.17) is 9.47 Å². The van der Waals surface area contributed by atoms with Gasteiger partial charge in [0.2, 0.25) is 5.91 Å². The van der Waals surface area contributed by atoms with Crippen LogP contribution in [0.2, 0.25) is 0 Å². The topological polar surface area (TPSA) is 64.6 Å². The maximum atomic E-state index is 12.1. The van der Waals surface area contributed by atoms with Gasteiger partial charge in [-0.2, -0.15) is 0 Å². The van der Waals surface area contributed by atoms with Crippen LogP contribution in [0, 0.1) is 0 Å². The number of hydrogen-bond acceptors (Lipinski definition) is 5. The lowest BCUT2D eigenvalue weighted by Crippen LogP contribution is -2.20. The van der Waals surface area contributed by atoms with Crippen LogP contribution in [-0.2, 0) is 14.3 Å². The van der Waals surface area contributed by atoms with Gasteiger partial charge in [0.25, 0.3) is 0 Å². The third-order valence-electron chi connectivity index (χ3n) is 3.92. The minimum atomic E-state index is -0.370. The molecule has 1 aliphatic carbocycles. The van der Waals surface area contributed by atoms with Crippen LogP contribution < -0.4 is 5.32 Å². The van der Waals surface area contributed by atoms with Crippen molar-refractivity contribution in [2.45, 2.75) is 44.1 Å². The zero-order valence-corrected chi connectivity index (χ0v) is 12.8. The van der Waals surface area contributed by atoms with E-state index in [0.29, 0.717) is 22.9 Å². The van der Waals surface area contributed by atoms with Crippen LogP contribution in [0.3, 0.4) is 0 Å². The first-order valence-electron chi connectivity index (χ1n) is 7.30. The zero-order valence-electron chi connectivity index (χ0n) is 12.0. The highest BCUT2D eigenvalue weighted by Crippen LogP contribution is 2.46. The lowest BCUT2D eigenvalue weighted by Gasteiger charge is -2.10. The molecule has 0 aromatic carbocycles. The average Bonchev–Trinajstić information content (AvgIpc) is 3.03. The highest BCUT2D eigenvalue weighted by molar-refractivity contribution is 7.15. The van der Waals surface area contributed by atoms with Gasteiger partial charge in [0.15, 0.2) is 0 Å². The number of rotatable bonds is 5. The Hall–Kier alpha value is -1.40. The Morgan fingerprint density at radius 2 is 2.24 bits per heavy atom. The molecule has 0 spiro atoms. The number of esters is 1. The molecule has 1 aromatic rings. The van der Waals surface area contributed by atoms with Gasteiger partial charge in [0, 0.05) is 6.61 Å². The standard InChI is InChI=1S/C15H19NO4S/c1-19-15(18)13-11(9-4-5-9)8-21-14(13)16-12(17)7-10-3-2-6-20-10/h8-10H,2-7H2,1H3,(H,16,17)/t10-/m0/s1. The Bertz CT molecular complexity index is 544. The number of carbonyl (C=O) groups is 2. The molecule has 0 radical (unpaired) electrons. The van der Waals surface area contributed by atoms with Crippen LogP contribution in [0.4, 0.5) is 5.00 Å². The lowest BCUT2D eigenvalue weighted by molar-refractivity contribution is -0.118. The summed E-state index contributed by atoms with van der Waals surface area (Å²) in [6.45, 7) is 0.732. The zero-order chi connectivity index (χ0) is 14.8. The van der Waals surface area contributed by atoms with E-state index in [1.165, 1.54) is 18.4 Å². The van der Waals surface area contributed by atoms with Crippen molar-refractivity contribution in [1.29, 1.82) is 0 Å². The summed E-state index contributed by atoms with van der Waals surface area (Å²) < 4.78 is 10.3. The first-order chi connectivity index (χ1) is 10.2. The summed E-state index contributed by atoms with van der Waals surface area (Å²) in [5.41, 5.74) is 1.55. The highest BCUT2D eigenvalue weighted by atomic mass is 32.1. The number of anilines is 1. The Morgan fingerprint density at radius 1 is 1.43 bits per heavy atom. The maximum absolute atomic E-state index is 12.1. The number of carbonyl (C=O) groups excluding carboxylic acids is 2. The van der Waals surface area contributed by atoms with Crippen molar-refractivity contribution in [1.82, 2.24) is 0 Å². The molecule has 2 heterocycles. The molecule has 1 atom stereocenters. The molecule has 6 heteroatoms. The van der Waals surface area contributed by atoms with E-state index < -0.39 is 0 Å². The van der Waals surface area contributed by atoms with Crippen molar-refractivity contribution in [3.8, 4) is 0 Å². The predicted octanol–water partition coefficient (Wildman–Crippen LogP) is 2.92. The van der Waals surface area contributed by atoms with Crippen molar-refractivity contribution in [3.63, 3.8) is 0 Å². The monoisotopic (exact) mass is 309 g/mol. The van der Waals surface area contributed by atoms with Gasteiger partial charge in [-0.25, -0.2) is 4.79 Å². The minimum absolute atomic E-state index is 0.00874. The van der Waals surface area contributed by atoms with Crippen molar-refractivity contribution in [3.05, 3.63) is 16.5 Å². The number of nitrogens with one attached hydrogen (secondary N) is 1.